The summed E-state index contributed by atoms with van der Waals surface area (Å²) in [6.07, 6.45) is 3.61. The normalized spacial score (nSPS) is 19.8. The van der Waals surface area contributed by atoms with Gasteiger partial charge in [0.2, 0.25) is 0 Å². The Morgan fingerprint density at radius 1 is 1.12 bits per heavy atom. The van der Waals surface area contributed by atoms with Crippen LogP contribution >= 0.6 is 0 Å². The lowest BCUT2D eigenvalue weighted by atomic mass is 9.80. The number of benzene rings is 1. The molecule has 0 radical (unpaired) electrons. The van der Waals surface area contributed by atoms with Crippen molar-refractivity contribution in [1.82, 2.24) is 0 Å². The number of hydrogen-bond donors (Lipinski definition) is 1. The molecule has 0 saturated heterocycles. The third-order valence-corrected chi connectivity index (χ3v) is 3.97. The molecule has 0 saturated carbocycles. The Bertz CT molecular complexity index is 387. The van der Waals surface area contributed by atoms with E-state index in [9.17, 15) is 0 Å². The minimum Gasteiger partial charge on any atom is -0.324 e. The molecule has 94 valence electrons. The van der Waals surface area contributed by atoms with Crippen molar-refractivity contribution in [3.05, 3.63) is 34.4 Å². The largest absolute Gasteiger partial charge is 0.324 e. The Morgan fingerprint density at radius 3 is 2.41 bits per heavy atom. The molecule has 1 heteroatoms. The Kier molecular flexibility index (Phi) is 3.58. The van der Waals surface area contributed by atoms with E-state index in [1.165, 1.54) is 29.5 Å². The van der Waals surface area contributed by atoms with Crippen molar-refractivity contribution in [3.8, 4) is 0 Å². The van der Waals surface area contributed by atoms with Gasteiger partial charge in [0.05, 0.1) is 0 Å². The summed E-state index contributed by atoms with van der Waals surface area (Å²) >= 11 is 0. The zero-order chi connectivity index (χ0) is 12.6. The molecule has 1 aromatic rings. The number of nitrogens with two attached hydrogens (primary N) is 1. The van der Waals surface area contributed by atoms with E-state index in [1.807, 2.05) is 0 Å². The van der Waals surface area contributed by atoms with E-state index in [4.69, 9.17) is 5.73 Å². The topological polar surface area (TPSA) is 26.0 Å². The van der Waals surface area contributed by atoms with E-state index in [0.29, 0.717) is 11.8 Å². The lowest BCUT2D eigenvalue weighted by Crippen LogP contribution is -2.19. The highest BCUT2D eigenvalue weighted by Crippen LogP contribution is 2.36. The van der Waals surface area contributed by atoms with Gasteiger partial charge in [0.25, 0.3) is 0 Å². The summed E-state index contributed by atoms with van der Waals surface area (Å²) in [7, 11) is 0. The second kappa shape index (κ2) is 4.81. The minimum atomic E-state index is 0.259. The van der Waals surface area contributed by atoms with Crippen molar-refractivity contribution < 1.29 is 0 Å². The van der Waals surface area contributed by atoms with Crippen molar-refractivity contribution in [2.45, 2.75) is 64.8 Å². The molecule has 1 aromatic carbocycles. The molecule has 1 aliphatic rings. The Hall–Kier alpha value is -0.820. The third kappa shape index (κ3) is 2.40. The molecule has 2 N–H and O–H groups in total. The van der Waals surface area contributed by atoms with Gasteiger partial charge >= 0.3 is 0 Å². The van der Waals surface area contributed by atoms with Gasteiger partial charge in [0.15, 0.2) is 0 Å². The first-order chi connectivity index (χ1) is 8.00. The molecule has 0 heterocycles. The SMILES string of the molecule is CC(C)c1cc(C(C)C)c2c(c1)C(N)CCC2. The van der Waals surface area contributed by atoms with Crippen LogP contribution in [0, 0.1) is 0 Å². The summed E-state index contributed by atoms with van der Waals surface area (Å²) in [6.45, 7) is 9.11. The molecule has 0 amide bonds. The smallest absolute Gasteiger partial charge is 0.0297 e. The van der Waals surface area contributed by atoms with E-state index in [1.54, 1.807) is 5.56 Å². The van der Waals surface area contributed by atoms with Gasteiger partial charge in [-0.1, -0.05) is 39.8 Å². The fourth-order valence-corrected chi connectivity index (χ4v) is 2.86. The molecule has 1 atom stereocenters. The van der Waals surface area contributed by atoms with Crippen LogP contribution < -0.4 is 5.73 Å². The highest BCUT2D eigenvalue weighted by atomic mass is 14.6. The molecule has 17 heavy (non-hydrogen) atoms. The van der Waals surface area contributed by atoms with Crippen LogP contribution in [0.1, 0.15) is 80.7 Å². The fourth-order valence-electron chi connectivity index (χ4n) is 2.86. The zero-order valence-corrected chi connectivity index (χ0v) is 11.6. The second-order valence-electron chi connectivity index (χ2n) is 5.99. The highest BCUT2D eigenvalue weighted by Gasteiger charge is 2.22. The summed E-state index contributed by atoms with van der Waals surface area (Å²) in [4.78, 5) is 0. The molecule has 0 aliphatic heterocycles. The van der Waals surface area contributed by atoms with Gasteiger partial charge in [-0.25, -0.2) is 0 Å². The maximum Gasteiger partial charge on any atom is 0.0297 e. The van der Waals surface area contributed by atoms with Crippen molar-refractivity contribution >= 4 is 0 Å². The van der Waals surface area contributed by atoms with Gasteiger partial charge < -0.3 is 5.73 Å². The zero-order valence-electron chi connectivity index (χ0n) is 11.6. The maximum absolute atomic E-state index is 6.28. The number of fused-ring (bicyclic) bond motifs is 1. The average Bonchev–Trinajstić information content (AvgIpc) is 2.28. The molecule has 2 rings (SSSR count). The predicted molar refractivity (Wildman–Crippen MR) is 74.5 cm³/mol. The van der Waals surface area contributed by atoms with Crippen molar-refractivity contribution in [2.24, 2.45) is 5.73 Å². The molecule has 0 spiro atoms. The molecule has 0 fully saturated rings. The van der Waals surface area contributed by atoms with Crippen LogP contribution in [-0.2, 0) is 6.42 Å². The Balaban J connectivity index is 2.58. The molecule has 0 bridgehead atoms. The summed E-state index contributed by atoms with van der Waals surface area (Å²) < 4.78 is 0. The monoisotopic (exact) mass is 231 g/mol. The number of hydrogen-bond acceptors (Lipinski definition) is 1. The standard InChI is InChI=1S/C16H25N/c1-10(2)12-8-14(11(3)4)13-6-5-7-16(17)15(13)9-12/h8-11,16H,5-7,17H2,1-4H3. The highest BCUT2D eigenvalue weighted by molar-refractivity contribution is 5.44. The maximum atomic E-state index is 6.28. The molecular formula is C16H25N. The average molecular weight is 231 g/mol. The number of rotatable bonds is 2. The van der Waals surface area contributed by atoms with Gasteiger partial charge in [-0.2, -0.15) is 0 Å². The molecular weight excluding hydrogens is 206 g/mol. The molecule has 0 aromatic heterocycles. The van der Waals surface area contributed by atoms with E-state index in [2.05, 4.69) is 39.8 Å². The molecule has 1 aliphatic carbocycles. The Morgan fingerprint density at radius 2 is 1.82 bits per heavy atom. The van der Waals surface area contributed by atoms with Crippen LogP contribution in [0.5, 0.6) is 0 Å². The van der Waals surface area contributed by atoms with Crippen LogP contribution in [0.2, 0.25) is 0 Å². The molecule has 1 nitrogen and oxygen atoms in total. The quantitative estimate of drug-likeness (QED) is 0.808. The lowest BCUT2D eigenvalue weighted by Gasteiger charge is -2.28. The second-order valence-corrected chi connectivity index (χ2v) is 5.99. The van der Waals surface area contributed by atoms with Crippen LogP contribution in [0.15, 0.2) is 12.1 Å². The predicted octanol–water partition coefficient (Wildman–Crippen LogP) is 4.27. The van der Waals surface area contributed by atoms with Gasteiger partial charge in [-0.3, -0.25) is 0 Å². The summed E-state index contributed by atoms with van der Waals surface area (Å²) in [5.41, 5.74) is 12.2. The van der Waals surface area contributed by atoms with Crippen LogP contribution in [0.25, 0.3) is 0 Å². The van der Waals surface area contributed by atoms with Crippen molar-refractivity contribution in [3.63, 3.8) is 0 Å². The van der Waals surface area contributed by atoms with Gasteiger partial charge in [-0.05, 0) is 53.4 Å². The first-order valence-electron chi connectivity index (χ1n) is 6.93. The van der Waals surface area contributed by atoms with Crippen LogP contribution in [0.4, 0.5) is 0 Å². The summed E-state index contributed by atoms with van der Waals surface area (Å²) in [5, 5.41) is 0. The third-order valence-electron chi connectivity index (χ3n) is 3.97. The van der Waals surface area contributed by atoms with Crippen LogP contribution in [0.3, 0.4) is 0 Å². The van der Waals surface area contributed by atoms with Crippen molar-refractivity contribution in [1.29, 1.82) is 0 Å². The van der Waals surface area contributed by atoms with Crippen LogP contribution in [-0.4, -0.2) is 0 Å². The van der Waals surface area contributed by atoms with E-state index >= 15 is 0 Å². The fraction of sp³-hybridized carbons (Fsp3) is 0.625. The lowest BCUT2D eigenvalue weighted by molar-refractivity contribution is 0.562. The van der Waals surface area contributed by atoms with Crippen molar-refractivity contribution in [2.75, 3.05) is 0 Å². The van der Waals surface area contributed by atoms with E-state index < -0.39 is 0 Å². The first kappa shape index (κ1) is 12.6. The first-order valence-corrected chi connectivity index (χ1v) is 6.93. The summed E-state index contributed by atoms with van der Waals surface area (Å²) in [5.74, 6) is 1.19. The summed E-state index contributed by atoms with van der Waals surface area (Å²) in [6, 6.07) is 5.02. The van der Waals surface area contributed by atoms with E-state index in [-0.39, 0.29) is 6.04 Å². The van der Waals surface area contributed by atoms with Gasteiger partial charge in [0, 0.05) is 6.04 Å². The van der Waals surface area contributed by atoms with E-state index in [0.717, 1.165) is 6.42 Å². The molecule has 1 unspecified atom stereocenters. The minimum absolute atomic E-state index is 0.259. The van der Waals surface area contributed by atoms with Gasteiger partial charge in [0.1, 0.15) is 0 Å². The van der Waals surface area contributed by atoms with Gasteiger partial charge in [-0.15, -0.1) is 0 Å². The Labute approximate surface area is 105 Å².